The number of anilines is 2. The number of rotatable bonds is 6. The van der Waals surface area contributed by atoms with Gasteiger partial charge in [0.1, 0.15) is 11.6 Å². The van der Waals surface area contributed by atoms with Gasteiger partial charge in [0.05, 0.1) is 4.90 Å². The average molecular weight is 443 g/mol. The summed E-state index contributed by atoms with van der Waals surface area (Å²) in [5.74, 6) is 0.327. The van der Waals surface area contributed by atoms with E-state index in [9.17, 15) is 13.2 Å². The number of sulfonamides is 1. The predicted molar refractivity (Wildman–Crippen MR) is 118 cm³/mol. The summed E-state index contributed by atoms with van der Waals surface area (Å²) in [5, 5.41) is 3.30. The number of halogens is 1. The minimum Gasteiger partial charge on any atom is -0.323 e. The van der Waals surface area contributed by atoms with Gasteiger partial charge in [0.2, 0.25) is 5.91 Å². The predicted octanol–water partition coefficient (Wildman–Crippen LogP) is 4.20. The molecule has 9 heteroatoms. The molecule has 0 aliphatic rings. The summed E-state index contributed by atoms with van der Waals surface area (Å²) in [6.45, 7) is 3.44. The van der Waals surface area contributed by atoms with Gasteiger partial charge in [-0.3, -0.25) is 9.52 Å². The third-order valence-corrected chi connectivity index (χ3v) is 5.56. The Morgan fingerprint density at radius 2 is 1.67 bits per heavy atom. The van der Waals surface area contributed by atoms with Crippen molar-refractivity contribution in [1.29, 1.82) is 0 Å². The fourth-order valence-corrected chi connectivity index (χ4v) is 3.73. The van der Waals surface area contributed by atoms with E-state index < -0.39 is 10.0 Å². The van der Waals surface area contributed by atoms with Gasteiger partial charge in [-0.05, 0) is 61.9 Å². The van der Waals surface area contributed by atoms with E-state index in [-0.39, 0.29) is 16.6 Å². The molecule has 0 fully saturated rings. The van der Waals surface area contributed by atoms with Crippen LogP contribution in [0, 0.1) is 13.8 Å². The molecule has 0 radical (unpaired) electrons. The largest absolute Gasteiger partial charge is 0.323 e. The first-order valence-corrected chi connectivity index (χ1v) is 10.8. The van der Waals surface area contributed by atoms with Crippen molar-refractivity contribution in [2.75, 3.05) is 10.0 Å². The Hall–Kier alpha value is -3.23. The van der Waals surface area contributed by atoms with Crippen LogP contribution in [0.3, 0.4) is 0 Å². The number of amides is 1. The van der Waals surface area contributed by atoms with Gasteiger partial charge in [-0.1, -0.05) is 23.7 Å². The summed E-state index contributed by atoms with van der Waals surface area (Å²) in [5.41, 5.74) is 1.95. The van der Waals surface area contributed by atoms with Gasteiger partial charge in [0, 0.05) is 28.5 Å². The maximum atomic E-state index is 12.6. The van der Waals surface area contributed by atoms with Crippen molar-refractivity contribution < 1.29 is 13.2 Å². The van der Waals surface area contributed by atoms with Crippen LogP contribution in [0.1, 0.15) is 17.1 Å². The molecule has 30 heavy (non-hydrogen) atoms. The van der Waals surface area contributed by atoms with Crippen molar-refractivity contribution in [3.05, 3.63) is 82.8 Å². The van der Waals surface area contributed by atoms with Crippen LogP contribution in [0.15, 0.2) is 65.6 Å². The number of hydrogen-bond acceptors (Lipinski definition) is 5. The summed E-state index contributed by atoms with van der Waals surface area (Å²) < 4.78 is 27.6. The minimum atomic E-state index is -3.82. The fraction of sp³-hybridized carbons (Fsp3) is 0.0952. The molecule has 3 rings (SSSR count). The first kappa shape index (κ1) is 21.5. The van der Waals surface area contributed by atoms with Crippen molar-refractivity contribution in [1.82, 2.24) is 9.97 Å². The first-order chi connectivity index (χ1) is 14.2. The van der Waals surface area contributed by atoms with E-state index in [1.807, 2.05) is 0 Å². The Morgan fingerprint density at radius 3 is 2.30 bits per heavy atom. The van der Waals surface area contributed by atoms with E-state index in [1.165, 1.54) is 30.3 Å². The molecule has 0 saturated carbocycles. The smallest absolute Gasteiger partial charge is 0.263 e. The molecular formula is C21H19ClN4O3S. The molecule has 1 heterocycles. The quantitative estimate of drug-likeness (QED) is 0.557. The Morgan fingerprint density at radius 1 is 1.00 bits per heavy atom. The molecule has 0 aliphatic heterocycles. The molecule has 2 aromatic carbocycles. The lowest BCUT2D eigenvalue weighted by Gasteiger charge is -2.09. The molecule has 7 nitrogen and oxygen atoms in total. The average Bonchev–Trinajstić information content (AvgIpc) is 2.67. The monoisotopic (exact) mass is 442 g/mol. The summed E-state index contributed by atoms with van der Waals surface area (Å²) in [7, 11) is -3.82. The number of hydrogen-bond donors (Lipinski definition) is 2. The first-order valence-electron chi connectivity index (χ1n) is 8.91. The Bertz CT molecular complexity index is 1170. The van der Waals surface area contributed by atoms with Crippen LogP contribution in [0.5, 0.6) is 0 Å². The number of carbonyl (C=O) groups excluding carboxylic acids is 1. The Labute approximate surface area is 179 Å². The zero-order chi connectivity index (χ0) is 21.7. The highest BCUT2D eigenvalue weighted by Crippen LogP contribution is 2.18. The van der Waals surface area contributed by atoms with Gasteiger partial charge in [-0.15, -0.1) is 0 Å². The zero-order valence-electron chi connectivity index (χ0n) is 16.3. The van der Waals surface area contributed by atoms with Crippen LogP contribution >= 0.6 is 11.6 Å². The summed E-state index contributed by atoms with van der Waals surface area (Å²) in [4.78, 5) is 20.3. The van der Waals surface area contributed by atoms with Crippen LogP contribution in [0.4, 0.5) is 11.5 Å². The van der Waals surface area contributed by atoms with Crippen molar-refractivity contribution in [2.24, 2.45) is 0 Å². The van der Waals surface area contributed by atoms with Crippen LogP contribution in [0.25, 0.3) is 6.08 Å². The normalized spacial score (nSPS) is 11.4. The SMILES string of the molecule is Cc1cc(NS(=O)(=O)c2ccc(NC(=O)/C=C/c3ccc(Cl)cc3)cc2)nc(C)n1. The molecule has 0 atom stereocenters. The van der Waals surface area contributed by atoms with Crippen LogP contribution in [-0.4, -0.2) is 24.3 Å². The second kappa shape index (κ2) is 9.06. The van der Waals surface area contributed by atoms with Gasteiger partial charge in [0.15, 0.2) is 0 Å². The van der Waals surface area contributed by atoms with Gasteiger partial charge in [-0.2, -0.15) is 0 Å². The molecule has 0 unspecified atom stereocenters. The number of carbonyl (C=O) groups is 1. The highest BCUT2D eigenvalue weighted by molar-refractivity contribution is 7.92. The van der Waals surface area contributed by atoms with Crippen molar-refractivity contribution in [3.8, 4) is 0 Å². The molecular weight excluding hydrogens is 424 g/mol. The second-order valence-electron chi connectivity index (χ2n) is 6.45. The number of nitrogens with one attached hydrogen (secondary N) is 2. The van der Waals surface area contributed by atoms with Crippen molar-refractivity contribution in [2.45, 2.75) is 18.7 Å². The third kappa shape index (κ3) is 5.88. The Kier molecular flexibility index (Phi) is 6.49. The fourth-order valence-electron chi connectivity index (χ4n) is 2.61. The van der Waals surface area contributed by atoms with Gasteiger partial charge >= 0.3 is 0 Å². The topological polar surface area (TPSA) is 101 Å². The van der Waals surface area contributed by atoms with Crippen molar-refractivity contribution >= 4 is 45.1 Å². The lowest BCUT2D eigenvalue weighted by Crippen LogP contribution is -2.15. The second-order valence-corrected chi connectivity index (χ2v) is 8.56. The highest BCUT2D eigenvalue weighted by atomic mass is 35.5. The van der Waals surface area contributed by atoms with E-state index in [2.05, 4.69) is 20.0 Å². The number of benzene rings is 2. The van der Waals surface area contributed by atoms with Gasteiger partial charge in [-0.25, -0.2) is 18.4 Å². The van der Waals surface area contributed by atoms with Crippen LogP contribution in [-0.2, 0) is 14.8 Å². The Balaban J connectivity index is 1.66. The molecule has 2 N–H and O–H groups in total. The third-order valence-electron chi connectivity index (χ3n) is 3.93. The minimum absolute atomic E-state index is 0.0473. The van der Waals surface area contributed by atoms with E-state index in [0.717, 1.165) is 5.56 Å². The van der Waals surface area contributed by atoms with Crippen molar-refractivity contribution in [3.63, 3.8) is 0 Å². The maximum absolute atomic E-state index is 12.6. The van der Waals surface area contributed by atoms with Crippen LogP contribution in [0.2, 0.25) is 5.02 Å². The lowest BCUT2D eigenvalue weighted by atomic mass is 10.2. The highest BCUT2D eigenvalue weighted by Gasteiger charge is 2.15. The number of aromatic nitrogens is 2. The van der Waals surface area contributed by atoms with Crippen LogP contribution < -0.4 is 10.0 Å². The lowest BCUT2D eigenvalue weighted by molar-refractivity contribution is -0.111. The molecule has 0 saturated heterocycles. The van der Waals surface area contributed by atoms with E-state index in [1.54, 1.807) is 50.3 Å². The molecule has 0 bridgehead atoms. The van der Waals surface area contributed by atoms with E-state index in [4.69, 9.17) is 11.6 Å². The van der Waals surface area contributed by atoms with Gasteiger partial charge in [0.25, 0.3) is 10.0 Å². The van der Waals surface area contributed by atoms with E-state index in [0.29, 0.717) is 22.2 Å². The molecule has 154 valence electrons. The van der Waals surface area contributed by atoms with Gasteiger partial charge < -0.3 is 5.32 Å². The zero-order valence-corrected chi connectivity index (χ0v) is 17.8. The van der Waals surface area contributed by atoms with E-state index >= 15 is 0 Å². The summed E-state index contributed by atoms with van der Waals surface area (Å²) in [6.07, 6.45) is 3.04. The number of nitrogens with zero attached hydrogens (tertiary/aromatic N) is 2. The molecule has 0 spiro atoms. The summed E-state index contributed by atoms with van der Waals surface area (Å²) >= 11 is 5.83. The molecule has 0 aliphatic carbocycles. The summed E-state index contributed by atoms with van der Waals surface area (Å²) in [6, 6.07) is 14.4. The molecule has 1 amide bonds. The number of aryl methyl sites for hydroxylation is 2. The maximum Gasteiger partial charge on any atom is 0.263 e. The molecule has 1 aromatic heterocycles. The molecule has 3 aromatic rings. The standard InChI is InChI=1S/C21H19ClN4O3S/c1-14-13-20(24-15(2)23-14)26-30(28,29)19-10-8-18(9-11-19)25-21(27)12-5-16-3-6-17(22)7-4-16/h3-13H,1-2H3,(H,25,27)(H,23,24,26)/b12-5+.